The molecule has 1 saturated carbocycles. The van der Waals surface area contributed by atoms with Crippen molar-refractivity contribution in [3.8, 4) is 0 Å². The van der Waals surface area contributed by atoms with Crippen molar-refractivity contribution in [3.05, 3.63) is 0 Å². The molecule has 2 amide bonds. The van der Waals surface area contributed by atoms with E-state index >= 15 is 0 Å². The summed E-state index contributed by atoms with van der Waals surface area (Å²) in [6, 6.07) is -2.64. The summed E-state index contributed by atoms with van der Waals surface area (Å²) < 4.78 is 20.9. The highest BCUT2D eigenvalue weighted by atomic mass is 16.6. The van der Waals surface area contributed by atoms with Crippen molar-refractivity contribution >= 4 is 36.1 Å². The Morgan fingerprint density at radius 1 is 0.650 bits per heavy atom. The number of aliphatic carboxylic acids is 2. The summed E-state index contributed by atoms with van der Waals surface area (Å²) in [5, 5.41) is 23.1. The smallest absolute Gasteiger partial charge is 0.408 e. The molecule has 1 rings (SSSR count). The van der Waals surface area contributed by atoms with Gasteiger partial charge in [0.15, 0.2) is 0 Å². The molecule has 0 saturated heterocycles. The van der Waals surface area contributed by atoms with E-state index in [4.69, 9.17) is 18.9 Å². The Labute approximate surface area is 233 Å². The molecular weight excluding hydrogens is 532 g/mol. The minimum absolute atomic E-state index is 0.180. The average Bonchev–Trinajstić information content (AvgIpc) is 2.78. The number of rotatable bonds is 12. The Balaban J connectivity index is 2.40. The summed E-state index contributed by atoms with van der Waals surface area (Å²) in [6.07, 6.45) is -1.83. The van der Waals surface area contributed by atoms with Crippen LogP contribution in [-0.4, -0.2) is 81.8 Å². The van der Waals surface area contributed by atoms with Gasteiger partial charge in [-0.15, -0.1) is 0 Å². The fraction of sp³-hybridized carbons (Fsp3) is 0.769. The summed E-state index contributed by atoms with van der Waals surface area (Å²) in [5.74, 6) is -3.85. The van der Waals surface area contributed by atoms with Crippen LogP contribution in [0.1, 0.15) is 92.9 Å². The molecule has 40 heavy (non-hydrogen) atoms. The Bertz CT molecular complexity index is 840. The van der Waals surface area contributed by atoms with Gasteiger partial charge in [0.2, 0.25) is 0 Å². The van der Waals surface area contributed by atoms with Gasteiger partial charge in [-0.2, -0.15) is 0 Å². The molecule has 0 radical (unpaired) electrons. The molecule has 2 atom stereocenters. The molecule has 0 aromatic rings. The van der Waals surface area contributed by atoms with Crippen LogP contribution in [0.4, 0.5) is 9.59 Å². The van der Waals surface area contributed by atoms with Crippen LogP contribution in [0.25, 0.3) is 0 Å². The first-order valence-electron chi connectivity index (χ1n) is 13.2. The Morgan fingerprint density at radius 3 is 1.20 bits per heavy atom. The van der Waals surface area contributed by atoms with Crippen molar-refractivity contribution in [3.63, 3.8) is 0 Å². The summed E-state index contributed by atoms with van der Waals surface area (Å²) in [4.78, 5) is 71.0. The number of carboxylic acids is 2. The molecule has 228 valence electrons. The van der Waals surface area contributed by atoms with E-state index in [1.54, 1.807) is 41.5 Å². The molecule has 14 heteroatoms. The van der Waals surface area contributed by atoms with Crippen LogP contribution in [0.2, 0.25) is 0 Å². The van der Waals surface area contributed by atoms with Crippen molar-refractivity contribution in [2.75, 3.05) is 0 Å². The molecule has 1 aliphatic carbocycles. The number of carbonyl (C=O) groups is 6. The van der Waals surface area contributed by atoms with E-state index in [0.29, 0.717) is 25.7 Å². The zero-order chi connectivity index (χ0) is 30.7. The van der Waals surface area contributed by atoms with Gasteiger partial charge in [-0.05, 0) is 80.1 Å². The van der Waals surface area contributed by atoms with E-state index in [2.05, 4.69) is 10.6 Å². The van der Waals surface area contributed by atoms with E-state index < -0.39 is 71.6 Å². The molecular formula is C26H42N2O12. The predicted molar refractivity (Wildman–Crippen MR) is 138 cm³/mol. The van der Waals surface area contributed by atoms with E-state index in [-0.39, 0.29) is 25.7 Å². The summed E-state index contributed by atoms with van der Waals surface area (Å²) >= 11 is 0. The van der Waals surface area contributed by atoms with Crippen LogP contribution in [0.5, 0.6) is 0 Å². The lowest BCUT2D eigenvalue weighted by molar-refractivity contribution is -0.158. The van der Waals surface area contributed by atoms with Gasteiger partial charge < -0.3 is 39.8 Å². The van der Waals surface area contributed by atoms with Gasteiger partial charge in [0.25, 0.3) is 0 Å². The standard InChI is InChI=1S/C26H42N2O12/c1-25(2,3)39-23(35)27-17(21(31)32)11-13-19(29)37-15-7-9-16(10-8-15)38-20(30)14-12-18(22(33)34)28-24(36)40-26(4,5)6/h15-18H,7-14H2,1-6H3,(H,27,35)(H,28,36)(H,31,32)(H,33,34)/t15?,16?,17-,18-/m0/s1. The quantitative estimate of drug-likeness (QED) is 0.196. The second kappa shape index (κ2) is 15.3. The van der Waals surface area contributed by atoms with Crippen molar-refractivity contribution in [1.29, 1.82) is 0 Å². The number of carbonyl (C=O) groups excluding carboxylic acids is 4. The van der Waals surface area contributed by atoms with Crippen LogP contribution in [0.3, 0.4) is 0 Å². The fourth-order valence-electron chi connectivity index (χ4n) is 3.70. The second-order valence-electron chi connectivity index (χ2n) is 11.5. The lowest BCUT2D eigenvalue weighted by Gasteiger charge is -2.28. The van der Waals surface area contributed by atoms with E-state index in [1.165, 1.54) is 0 Å². The Kier molecular flexibility index (Phi) is 13.2. The maximum absolute atomic E-state index is 12.2. The van der Waals surface area contributed by atoms with E-state index in [9.17, 15) is 39.0 Å². The highest BCUT2D eigenvalue weighted by Gasteiger charge is 2.29. The van der Waals surface area contributed by atoms with Gasteiger partial charge in [0.1, 0.15) is 35.5 Å². The van der Waals surface area contributed by atoms with Gasteiger partial charge in [-0.3, -0.25) is 9.59 Å². The van der Waals surface area contributed by atoms with Gasteiger partial charge in [0.05, 0.1) is 0 Å². The topological polar surface area (TPSA) is 204 Å². The number of ether oxygens (including phenoxy) is 4. The molecule has 0 aromatic heterocycles. The summed E-state index contributed by atoms with van der Waals surface area (Å²) in [7, 11) is 0. The second-order valence-corrected chi connectivity index (χ2v) is 11.5. The minimum atomic E-state index is -1.32. The molecule has 0 aromatic carbocycles. The maximum Gasteiger partial charge on any atom is 0.408 e. The van der Waals surface area contributed by atoms with Gasteiger partial charge in [-0.1, -0.05) is 0 Å². The molecule has 1 aliphatic rings. The maximum atomic E-state index is 12.2. The normalized spacial score (nSPS) is 18.9. The zero-order valence-electron chi connectivity index (χ0n) is 23.9. The number of nitrogens with one attached hydrogen (secondary N) is 2. The number of esters is 2. The largest absolute Gasteiger partial charge is 0.480 e. The number of carboxylic acid groups (broad SMARTS) is 2. The first kappa shape index (κ1) is 34.4. The monoisotopic (exact) mass is 574 g/mol. The van der Waals surface area contributed by atoms with Crippen molar-refractivity contribution in [1.82, 2.24) is 10.6 Å². The highest BCUT2D eigenvalue weighted by molar-refractivity contribution is 5.81. The summed E-state index contributed by atoms with van der Waals surface area (Å²) in [6.45, 7) is 9.81. The van der Waals surface area contributed by atoms with Crippen LogP contribution in [0, 0.1) is 0 Å². The van der Waals surface area contributed by atoms with Crippen molar-refractivity contribution < 1.29 is 57.9 Å². The molecule has 0 unspecified atom stereocenters. The number of hydrogen-bond donors (Lipinski definition) is 4. The Morgan fingerprint density at radius 2 is 0.950 bits per heavy atom. The van der Waals surface area contributed by atoms with Crippen LogP contribution < -0.4 is 10.6 Å². The highest BCUT2D eigenvalue weighted by Crippen LogP contribution is 2.25. The van der Waals surface area contributed by atoms with Crippen LogP contribution >= 0.6 is 0 Å². The van der Waals surface area contributed by atoms with Crippen LogP contribution in [-0.2, 0) is 38.1 Å². The van der Waals surface area contributed by atoms with Crippen LogP contribution in [0.15, 0.2) is 0 Å². The summed E-state index contributed by atoms with van der Waals surface area (Å²) in [5.41, 5.74) is -1.61. The third-order valence-electron chi connectivity index (χ3n) is 5.47. The molecule has 14 nitrogen and oxygen atoms in total. The van der Waals surface area contributed by atoms with Crippen molar-refractivity contribution in [2.45, 2.75) is 128 Å². The van der Waals surface area contributed by atoms with Gasteiger partial charge in [0, 0.05) is 12.8 Å². The Hall–Kier alpha value is -3.58. The van der Waals surface area contributed by atoms with E-state index in [0.717, 1.165) is 0 Å². The molecule has 0 heterocycles. The lowest BCUT2D eigenvalue weighted by atomic mass is 9.95. The SMILES string of the molecule is CC(C)(C)OC(=O)N[C@@H](CCC(=O)OC1CCC(OC(=O)CC[C@H](NC(=O)OC(C)(C)C)C(=O)O)CC1)C(=O)O. The van der Waals surface area contributed by atoms with Gasteiger partial charge >= 0.3 is 36.1 Å². The first-order valence-corrected chi connectivity index (χ1v) is 13.2. The minimum Gasteiger partial charge on any atom is -0.480 e. The molecule has 4 N–H and O–H groups in total. The molecule has 0 aliphatic heterocycles. The lowest BCUT2D eigenvalue weighted by Crippen LogP contribution is -2.43. The first-order chi connectivity index (χ1) is 18.3. The van der Waals surface area contributed by atoms with Gasteiger partial charge in [-0.25, -0.2) is 19.2 Å². The molecule has 0 spiro atoms. The number of amides is 2. The zero-order valence-corrected chi connectivity index (χ0v) is 23.9. The van der Waals surface area contributed by atoms with E-state index in [1.807, 2.05) is 0 Å². The predicted octanol–water partition coefficient (Wildman–Crippen LogP) is 2.90. The third kappa shape index (κ3) is 15.1. The third-order valence-corrected chi connectivity index (χ3v) is 5.47. The van der Waals surface area contributed by atoms with Crippen molar-refractivity contribution in [2.24, 2.45) is 0 Å². The number of hydrogen-bond acceptors (Lipinski definition) is 10. The molecule has 1 fully saturated rings. The fourth-order valence-corrected chi connectivity index (χ4v) is 3.70. The average molecular weight is 575 g/mol. The molecule has 0 bridgehead atoms. The number of alkyl carbamates (subject to hydrolysis) is 2.